The van der Waals surface area contributed by atoms with Gasteiger partial charge in [0.1, 0.15) is 0 Å². The van der Waals surface area contributed by atoms with Crippen molar-refractivity contribution in [3.63, 3.8) is 0 Å². The monoisotopic (exact) mass is 326 g/mol. The third-order valence-electron chi connectivity index (χ3n) is 3.16. The van der Waals surface area contributed by atoms with Crippen molar-refractivity contribution in [1.82, 2.24) is 10.6 Å². The molecule has 0 heterocycles. The molecule has 0 fully saturated rings. The van der Waals surface area contributed by atoms with Gasteiger partial charge in [0, 0.05) is 17.8 Å². The Morgan fingerprint density at radius 3 is 2.17 bits per heavy atom. The largest absolute Gasteiger partial charge is 0.366 e. The van der Waals surface area contributed by atoms with Gasteiger partial charge in [-0.25, -0.2) is 4.79 Å². The number of benzene rings is 2. The van der Waals surface area contributed by atoms with Crippen molar-refractivity contribution >= 4 is 23.5 Å². The van der Waals surface area contributed by atoms with E-state index >= 15 is 0 Å². The first kappa shape index (κ1) is 17.0. The highest BCUT2D eigenvalue weighted by atomic mass is 16.2. The minimum Gasteiger partial charge on any atom is -0.366 e. The predicted octanol–water partition coefficient (Wildman–Crippen LogP) is 1.22. The molecule has 0 aromatic heterocycles. The van der Waals surface area contributed by atoms with Gasteiger partial charge in [-0.15, -0.1) is 0 Å². The van der Waals surface area contributed by atoms with Gasteiger partial charge in [-0.1, -0.05) is 30.3 Å². The fourth-order valence-corrected chi connectivity index (χ4v) is 1.92. The number of carbonyl (C=O) groups is 3. The fourth-order valence-electron chi connectivity index (χ4n) is 1.92. The summed E-state index contributed by atoms with van der Waals surface area (Å²) in [5, 5.41) is 7.73. The molecule has 0 aliphatic carbocycles. The van der Waals surface area contributed by atoms with Crippen LogP contribution < -0.4 is 21.7 Å². The van der Waals surface area contributed by atoms with Crippen LogP contribution in [0.15, 0.2) is 54.6 Å². The molecule has 0 saturated heterocycles. The van der Waals surface area contributed by atoms with Crippen LogP contribution in [0.3, 0.4) is 0 Å². The van der Waals surface area contributed by atoms with Gasteiger partial charge in [0.15, 0.2) is 0 Å². The van der Waals surface area contributed by atoms with Crippen LogP contribution in [0.4, 0.5) is 10.5 Å². The van der Waals surface area contributed by atoms with Crippen molar-refractivity contribution in [2.24, 2.45) is 5.73 Å². The van der Waals surface area contributed by atoms with Crippen LogP contribution in [0, 0.1) is 0 Å². The summed E-state index contributed by atoms with van der Waals surface area (Å²) in [5.74, 6) is -0.915. The molecule has 0 spiro atoms. The number of nitrogens with two attached hydrogens (primary N) is 1. The quantitative estimate of drug-likeness (QED) is 0.640. The first-order chi connectivity index (χ1) is 11.5. The molecule has 0 aliphatic heterocycles. The first-order valence-corrected chi connectivity index (χ1v) is 7.30. The topological polar surface area (TPSA) is 113 Å². The number of hydrogen-bond acceptors (Lipinski definition) is 3. The summed E-state index contributed by atoms with van der Waals surface area (Å²) in [6, 6.07) is 15.2. The number of anilines is 1. The van der Waals surface area contributed by atoms with Crippen LogP contribution in [0.1, 0.15) is 15.9 Å². The Balaban J connectivity index is 1.72. The van der Waals surface area contributed by atoms with Crippen molar-refractivity contribution in [2.45, 2.75) is 6.54 Å². The fraction of sp³-hybridized carbons (Fsp3) is 0.118. The van der Waals surface area contributed by atoms with E-state index in [4.69, 9.17) is 5.73 Å². The van der Waals surface area contributed by atoms with E-state index in [9.17, 15) is 14.4 Å². The summed E-state index contributed by atoms with van der Waals surface area (Å²) in [5.41, 5.74) is 6.96. The van der Waals surface area contributed by atoms with E-state index in [-0.39, 0.29) is 12.5 Å². The second-order valence-corrected chi connectivity index (χ2v) is 5.01. The van der Waals surface area contributed by atoms with E-state index in [1.54, 1.807) is 12.1 Å². The Labute approximate surface area is 139 Å². The molecule has 7 heteroatoms. The molecule has 0 unspecified atom stereocenters. The molecule has 0 bridgehead atoms. The second kappa shape index (κ2) is 8.33. The van der Waals surface area contributed by atoms with E-state index in [1.807, 2.05) is 30.3 Å². The lowest BCUT2D eigenvalue weighted by Gasteiger charge is -2.09. The molecule has 0 aliphatic rings. The van der Waals surface area contributed by atoms with Gasteiger partial charge in [0.25, 0.3) is 0 Å². The van der Waals surface area contributed by atoms with Crippen molar-refractivity contribution in [3.05, 3.63) is 65.7 Å². The van der Waals surface area contributed by atoms with Crippen LogP contribution in [0.5, 0.6) is 0 Å². The van der Waals surface area contributed by atoms with Crippen LogP contribution >= 0.6 is 0 Å². The summed E-state index contributed by atoms with van der Waals surface area (Å²) in [6.45, 7) is 0.209. The molecule has 0 saturated carbocycles. The highest BCUT2D eigenvalue weighted by molar-refractivity contribution is 5.96. The molecule has 2 aromatic rings. The average molecular weight is 326 g/mol. The van der Waals surface area contributed by atoms with Crippen LogP contribution in [0.2, 0.25) is 0 Å². The van der Waals surface area contributed by atoms with Crippen LogP contribution in [-0.4, -0.2) is 24.4 Å². The maximum absolute atomic E-state index is 11.8. The zero-order valence-corrected chi connectivity index (χ0v) is 12.9. The Hall–Kier alpha value is -3.35. The van der Waals surface area contributed by atoms with Gasteiger partial charge in [0.2, 0.25) is 11.8 Å². The average Bonchev–Trinajstić information content (AvgIpc) is 2.59. The van der Waals surface area contributed by atoms with Gasteiger partial charge in [0.05, 0.1) is 6.54 Å². The lowest BCUT2D eigenvalue weighted by molar-refractivity contribution is -0.115. The molecule has 5 N–H and O–H groups in total. The Morgan fingerprint density at radius 1 is 0.875 bits per heavy atom. The second-order valence-electron chi connectivity index (χ2n) is 5.01. The molecule has 2 aromatic carbocycles. The predicted molar refractivity (Wildman–Crippen MR) is 90.3 cm³/mol. The zero-order valence-electron chi connectivity index (χ0n) is 12.9. The summed E-state index contributed by atoms with van der Waals surface area (Å²) in [7, 11) is 0. The summed E-state index contributed by atoms with van der Waals surface area (Å²) < 4.78 is 0. The molecular formula is C17H18N4O3. The molecule has 24 heavy (non-hydrogen) atoms. The van der Waals surface area contributed by atoms with Crippen molar-refractivity contribution < 1.29 is 14.4 Å². The maximum atomic E-state index is 11.8. The Kier molecular flexibility index (Phi) is 5.90. The Morgan fingerprint density at radius 2 is 1.54 bits per heavy atom. The zero-order chi connectivity index (χ0) is 17.4. The molecular weight excluding hydrogens is 308 g/mol. The van der Waals surface area contributed by atoms with Crippen LogP contribution in [-0.2, 0) is 11.3 Å². The van der Waals surface area contributed by atoms with E-state index in [2.05, 4.69) is 16.0 Å². The molecule has 0 radical (unpaired) electrons. The van der Waals surface area contributed by atoms with Crippen LogP contribution in [0.25, 0.3) is 0 Å². The SMILES string of the molecule is NC(=O)c1ccc(NC(=O)CNC(=O)NCc2ccccc2)cc1. The van der Waals surface area contributed by atoms with E-state index in [0.29, 0.717) is 17.8 Å². The summed E-state index contributed by atoms with van der Waals surface area (Å²) in [4.78, 5) is 34.4. The number of nitrogens with one attached hydrogen (secondary N) is 3. The van der Waals surface area contributed by atoms with Crippen molar-refractivity contribution in [2.75, 3.05) is 11.9 Å². The smallest absolute Gasteiger partial charge is 0.315 e. The lowest BCUT2D eigenvalue weighted by Crippen LogP contribution is -2.39. The van der Waals surface area contributed by atoms with Gasteiger partial charge >= 0.3 is 6.03 Å². The lowest BCUT2D eigenvalue weighted by atomic mass is 10.2. The van der Waals surface area contributed by atoms with Gasteiger partial charge < -0.3 is 21.7 Å². The van der Waals surface area contributed by atoms with Crippen molar-refractivity contribution in [3.8, 4) is 0 Å². The highest BCUT2D eigenvalue weighted by Crippen LogP contribution is 2.08. The number of primary amides is 1. The summed E-state index contributed by atoms with van der Waals surface area (Å²) in [6.07, 6.45) is 0. The molecule has 124 valence electrons. The molecule has 4 amide bonds. The van der Waals surface area contributed by atoms with Gasteiger partial charge in [-0.05, 0) is 29.8 Å². The molecule has 7 nitrogen and oxygen atoms in total. The van der Waals surface area contributed by atoms with Crippen molar-refractivity contribution in [1.29, 1.82) is 0 Å². The number of urea groups is 1. The number of carbonyl (C=O) groups excluding carboxylic acids is 3. The van der Waals surface area contributed by atoms with Gasteiger partial charge in [-0.3, -0.25) is 9.59 Å². The standard InChI is InChI=1S/C17H18N4O3/c18-16(23)13-6-8-14(9-7-13)21-15(22)11-20-17(24)19-10-12-4-2-1-3-5-12/h1-9H,10-11H2,(H2,18,23)(H,21,22)(H2,19,20,24). The normalized spacial score (nSPS) is 9.83. The van der Waals surface area contributed by atoms with E-state index < -0.39 is 11.9 Å². The third kappa shape index (κ3) is 5.45. The minimum absolute atomic E-state index is 0.168. The van der Waals surface area contributed by atoms with E-state index in [1.165, 1.54) is 12.1 Å². The number of amides is 4. The number of hydrogen-bond donors (Lipinski definition) is 4. The summed E-state index contributed by atoms with van der Waals surface area (Å²) >= 11 is 0. The molecule has 2 rings (SSSR count). The first-order valence-electron chi connectivity index (χ1n) is 7.30. The van der Waals surface area contributed by atoms with E-state index in [0.717, 1.165) is 5.56 Å². The molecule has 0 atom stereocenters. The third-order valence-corrected chi connectivity index (χ3v) is 3.16. The van der Waals surface area contributed by atoms with Gasteiger partial charge in [-0.2, -0.15) is 0 Å². The highest BCUT2D eigenvalue weighted by Gasteiger charge is 2.06. The maximum Gasteiger partial charge on any atom is 0.315 e. The number of rotatable bonds is 6. The Bertz CT molecular complexity index is 714. The minimum atomic E-state index is -0.537.